The lowest BCUT2D eigenvalue weighted by atomic mass is 10.3. The molecule has 15 heavy (non-hydrogen) atoms. The number of nitrogens with one attached hydrogen (secondary N) is 1. The van der Waals surface area contributed by atoms with Crippen LogP contribution < -0.4 is 10.1 Å². The van der Waals surface area contributed by atoms with Crippen molar-refractivity contribution in [3.05, 3.63) is 24.3 Å². The van der Waals surface area contributed by atoms with Crippen LogP contribution in [-0.4, -0.2) is 26.4 Å². The van der Waals surface area contributed by atoms with E-state index in [-0.39, 0.29) is 0 Å². The molecule has 0 aliphatic rings. The molecule has 3 heteroatoms. The van der Waals surface area contributed by atoms with Crippen LogP contribution in [0, 0.1) is 0 Å². The summed E-state index contributed by atoms with van der Waals surface area (Å²) in [4.78, 5) is 0. The summed E-state index contributed by atoms with van der Waals surface area (Å²) in [5, 5.41) is 3.27. The largest absolute Gasteiger partial charge is 0.497 e. The van der Waals surface area contributed by atoms with Crippen molar-refractivity contribution in [3.8, 4) is 5.75 Å². The molecule has 0 fully saturated rings. The van der Waals surface area contributed by atoms with E-state index in [0.29, 0.717) is 6.10 Å². The number of hydrogen-bond acceptors (Lipinski definition) is 3. The Morgan fingerprint density at radius 2 is 1.87 bits per heavy atom. The summed E-state index contributed by atoms with van der Waals surface area (Å²) in [6.07, 6.45) is 0.294. The molecule has 0 heterocycles. The first-order chi connectivity index (χ1) is 7.22. The zero-order valence-electron chi connectivity index (χ0n) is 9.62. The zero-order valence-corrected chi connectivity index (χ0v) is 9.62. The number of hydrogen-bond donors (Lipinski definition) is 1. The fraction of sp³-hybridized carbons (Fsp3) is 0.500. The summed E-state index contributed by atoms with van der Waals surface area (Å²) < 4.78 is 10.5. The molecule has 3 nitrogen and oxygen atoms in total. The summed E-state index contributed by atoms with van der Waals surface area (Å²) >= 11 is 0. The Morgan fingerprint density at radius 3 is 2.40 bits per heavy atom. The number of methoxy groups -OCH3 is 1. The molecule has 1 aromatic carbocycles. The van der Waals surface area contributed by atoms with Gasteiger partial charge in [-0.3, -0.25) is 0 Å². The standard InChI is InChI=1S/C12H19NO2/c1-10(2)15-9-8-13-11-4-6-12(14-3)7-5-11/h4-7,10,13H,8-9H2,1-3H3. The van der Waals surface area contributed by atoms with Crippen molar-refractivity contribution in [2.75, 3.05) is 25.6 Å². The van der Waals surface area contributed by atoms with E-state index in [1.807, 2.05) is 38.1 Å². The van der Waals surface area contributed by atoms with E-state index in [2.05, 4.69) is 5.32 Å². The highest BCUT2D eigenvalue weighted by Crippen LogP contribution is 2.14. The molecule has 0 aromatic heterocycles. The molecule has 0 bridgehead atoms. The van der Waals surface area contributed by atoms with Crippen molar-refractivity contribution >= 4 is 5.69 Å². The van der Waals surface area contributed by atoms with Crippen molar-refractivity contribution < 1.29 is 9.47 Å². The van der Waals surface area contributed by atoms with Gasteiger partial charge in [-0.05, 0) is 38.1 Å². The third-order valence-corrected chi connectivity index (χ3v) is 1.97. The van der Waals surface area contributed by atoms with Gasteiger partial charge in [-0.15, -0.1) is 0 Å². The maximum absolute atomic E-state index is 5.42. The van der Waals surface area contributed by atoms with Gasteiger partial charge in [0.25, 0.3) is 0 Å². The van der Waals surface area contributed by atoms with E-state index in [0.717, 1.165) is 24.6 Å². The summed E-state index contributed by atoms with van der Waals surface area (Å²) in [6.45, 7) is 5.62. The third kappa shape index (κ3) is 4.70. The summed E-state index contributed by atoms with van der Waals surface area (Å²) in [5.41, 5.74) is 1.09. The second kappa shape index (κ2) is 6.30. The monoisotopic (exact) mass is 209 g/mol. The first-order valence-electron chi connectivity index (χ1n) is 5.22. The van der Waals surface area contributed by atoms with Crippen LogP contribution in [0.4, 0.5) is 5.69 Å². The highest BCUT2D eigenvalue weighted by molar-refractivity contribution is 5.46. The molecule has 0 atom stereocenters. The minimum Gasteiger partial charge on any atom is -0.497 e. The second-order valence-corrected chi connectivity index (χ2v) is 3.57. The molecular formula is C12H19NO2. The van der Waals surface area contributed by atoms with Crippen LogP contribution in [-0.2, 0) is 4.74 Å². The number of ether oxygens (including phenoxy) is 2. The quantitative estimate of drug-likeness (QED) is 0.730. The van der Waals surface area contributed by atoms with Gasteiger partial charge in [-0.1, -0.05) is 0 Å². The molecule has 0 radical (unpaired) electrons. The van der Waals surface area contributed by atoms with Gasteiger partial charge in [-0.2, -0.15) is 0 Å². The van der Waals surface area contributed by atoms with E-state index in [1.54, 1.807) is 7.11 Å². The lowest BCUT2D eigenvalue weighted by Crippen LogP contribution is -2.13. The molecule has 0 spiro atoms. The average molecular weight is 209 g/mol. The molecule has 0 saturated carbocycles. The van der Waals surface area contributed by atoms with E-state index >= 15 is 0 Å². The third-order valence-electron chi connectivity index (χ3n) is 1.97. The van der Waals surface area contributed by atoms with Crippen molar-refractivity contribution in [1.82, 2.24) is 0 Å². The summed E-state index contributed by atoms with van der Waals surface area (Å²) in [5.74, 6) is 0.874. The summed E-state index contributed by atoms with van der Waals surface area (Å²) in [7, 11) is 1.67. The lowest BCUT2D eigenvalue weighted by Gasteiger charge is -2.09. The number of benzene rings is 1. The lowest BCUT2D eigenvalue weighted by molar-refractivity contribution is 0.0870. The highest BCUT2D eigenvalue weighted by Gasteiger charge is 1.94. The smallest absolute Gasteiger partial charge is 0.119 e. The molecule has 0 aliphatic carbocycles. The Hall–Kier alpha value is -1.22. The van der Waals surface area contributed by atoms with Crippen LogP contribution in [0.3, 0.4) is 0 Å². The summed E-state index contributed by atoms with van der Waals surface area (Å²) in [6, 6.07) is 7.86. The average Bonchev–Trinajstić information content (AvgIpc) is 2.25. The predicted molar refractivity (Wildman–Crippen MR) is 62.6 cm³/mol. The van der Waals surface area contributed by atoms with Gasteiger partial charge in [-0.25, -0.2) is 0 Å². The number of rotatable bonds is 6. The van der Waals surface area contributed by atoms with Gasteiger partial charge in [0.2, 0.25) is 0 Å². The minimum absolute atomic E-state index is 0.294. The fourth-order valence-corrected chi connectivity index (χ4v) is 1.20. The molecular weight excluding hydrogens is 190 g/mol. The van der Waals surface area contributed by atoms with Crippen LogP contribution >= 0.6 is 0 Å². The van der Waals surface area contributed by atoms with Crippen molar-refractivity contribution in [2.45, 2.75) is 20.0 Å². The van der Waals surface area contributed by atoms with E-state index in [9.17, 15) is 0 Å². The Morgan fingerprint density at radius 1 is 1.20 bits per heavy atom. The molecule has 84 valence electrons. The SMILES string of the molecule is COc1ccc(NCCOC(C)C)cc1. The Labute approximate surface area is 91.4 Å². The van der Waals surface area contributed by atoms with Crippen LogP contribution in [0.2, 0.25) is 0 Å². The van der Waals surface area contributed by atoms with E-state index < -0.39 is 0 Å². The first kappa shape index (κ1) is 11.9. The molecule has 1 N–H and O–H groups in total. The highest BCUT2D eigenvalue weighted by atomic mass is 16.5. The minimum atomic E-state index is 0.294. The van der Waals surface area contributed by atoms with Crippen LogP contribution in [0.1, 0.15) is 13.8 Å². The van der Waals surface area contributed by atoms with Crippen LogP contribution in [0.5, 0.6) is 5.75 Å². The van der Waals surface area contributed by atoms with Crippen LogP contribution in [0.15, 0.2) is 24.3 Å². The van der Waals surface area contributed by atoms with Crippen molar-refractivity contribution in [2.24, 2.45) is 0 Å². The van der Waals surface area contributed by atoms with Gasteiger partial charge in [0.05, 0.1) is 19.8 Å². The first-order valence-corrected chi connectivity index (χ1v) is 5.22. The molecule has 0 amide bonds. The van der Waals surface area contributed by atoms with Gasteiger partial charge in [0.1, 0.15) is 5.75 Å². The van der Waals surface area contributed by atoms with E-state index in [1.165, 1.54) is 0 Å². The number of anilines is 1. The molecule has 0 aliphatic heterocycles. The van der Waals surface area contributed by atoms with Gasteiger partial charge >= 0.3 is 0 Å². The molecule has 0 unspecified atom stereocenters. The molecule has 0 saturated heterocycles. The van der Waals surface area contributed by atoms with Crippen LogP contribution in [0.25, 0.3) is 0 Å². The predicted octanol–water partition coefficient (Wildman–Crippen LogP) is 2.53. The second-order valence-electron chi connectivity index (χ2n) is 3.57. The molecule has 1 aromatic rings. The Balaban J connectivity index is 2.25. The molecule has 1 rings (SSSR count). The van der Waals surface area contributed by atoms with Gasteiger partial charge in [0.15, 0.2) is 0 Å². The topological polar surface area (TPSA) is 30.5 Å². The maximum Gasteiger partial charge on any atom is 0.119 e. The maximum atomic E-state index is 5.42. The van der Waals surface area contributed by atoms with Gasteiger partial charge in [0, 0.05) is 12.2 Å². The fourth-order valence-electron chi connectivity index (χ4n) is 1.20. The zero-order chi connectivity index (χ0) is 11.1. The van der Waals surface area contributed by atoms with Crippen molar-refractivity contribution in [1.29, 1.82) is 0 Å². The van der Waals surface area contributed by atoms with E-state index in [4.69, 9.17) is 9.47 Å². The Kier molecular flexibility index (Phi) is 4.98. The van der Waals surface area contributed by atoms with Gasteiger partial charge < -0.3 is 14.8 Å². The normalized spacial score (nSPS) is 10.4. The Bertz CT molecular complexity index is 269. The van der Waals surface area contributed by atoms with Crippen molar-refractivity contribution in [3.63, 3.8) is 0 Å².